The second kappa shape index (κ2) is 6.55. The van der Waals surface area contributed by atoms with Crippen molar-refractivity contribution in [3.8, 4) is 11.8 Å². The van der Waals surface area contributed by atoms with Crippen molar-refractivity contribution in [2.45, 2.75) is 25.8 Å². The van der Waals surface area contributed by atoms with Gasteiger partial charge in [-0.25, -0.2) is 0 Å². The number of carbonyl (C=O) groups excluding carboxylic acids is 2. The van der Waals surface area contributed by atoms with E-state index in [1.807, 2.05) is 6.92 Å². The molecule has 0 aliphatic carbocycles. The Balaban J connectivity index is 2.00. The zero-order chi connectivity index (χ0) is 14.5. The third-order valence-electron chi connectivity index (χ3n) is 3.02. The molecule has 5 nitrogen and oxygen atoms in total. The van der Waals surface area contributed by atoms with Gasteiger partial charge in [0.15, 0.2) is 0 Å². The lowest BCUT2D eigenvalue weighted by Gasteiger charge is -2.23. The van der Waals surface area contributed by atoms with Gasteiger partial charge < -0.3 is 15.7 Å². The molecule has 0 saturated carbocycles. The number of aryl methyl sites for hydroxylation is 1. The number of amides is 2. The Labute approximate surface area is 121 Å². The van der Waals surface area contributed by atoms with E-state index in [1.165, 1.54) is 11.3 Å². The monoisotopic (exact) mass is 292 g/mol. The molecule has 2 heterocycles. The van der Waals surface area contributed by atoms with Gasteiger partial charge in [-0.15, -0.1) is 11.3 Å². The third kappa shape index (κ3) is 3.59. The fraction of sp³-hybridized carbons (Fsp3) is 0.429. The number of thiophene rings is 1. The van der Waals surface area contributed by atoms with Crippen molar-refractivity contribution in [3.05, 3.63) is 21.4 Å². The first kappa shape index (κ1) is 14.6. The van der Waals surface area contributed by atoms with Crippen LogP contribution in [0.1, 0.15) is 33.0 Å². The quantitative estimate of drug-likeness (QED) is 0.691. The lowest BCUT2D eigenvalue weighted by atomic mass is 10.1. The predicted octanol–water partition coefficient (Wildman–Crippen LogP) is 0.409. The highest BCUT2D eigenvalue weighted by Crippen LogP contribution is 2.21. The summed E-state index contributed by atoms with van der Waals surface area (Å²) in [6.45, 7) is 2.17. The van der Waals surface area contributed by atoms with Crippen LogP contribution in [0.4, 0.5) is 0 Å². The van der Waals surface area contributed by atoms with E-state index in [4.69, 9.17) is 5.11 Å². The van der Waals surface area contributed by atoms with Crippen LogP contribution in [0.15, 0.2) is 6.07 Å². The molecule has 1 aromatic rings. The van der Waals surface area contributed by atoms with E-state index >= 15 is 0 Å². The van der Waals surface area contributed by atoms with Gasteiger partial charge in [0, 0.05) is 19.0 Å². The van der Waals surface area contributed by atoms with Gasteiger partial charge in [0.25, 0.3) is 5.91 Å². The van der Waals surface area contributed by atoms with E-state index in [1.54, 1.807) is 6.07 Å². The summed E-state index contributed by atoms with van der Waals surface area (Å²) in [4.78, 5) is 24.6. The first-order valence-electron chi connectivity index (χ1n) is 6.38. The van der Waals surface area contributed by atoms with Crippen LogP contribution in [0.5, 0.6) is 0 Å². The Morgan fingerprint density at radius 3 is 3.10 bits per heavy atom. The summed E-state index contributed by atoms with van der Waals surface area (Å²) in [6.07, 6.45) is 1.11. The number of aliphatic hydroxyl groups is 1. The Bertz CT molecular complexity index is 573. The van der Waals surface area contributed by atoms with Crippen LogP contribution in [-0.4, -0.2) is 36.1 Å². The summed E-state index contributed by atoms with van der Waals surface area (Å²) in [7, 11) is 0. The molecule has 20 heavy (non-hydrogen) atoms. The standard InChI is InChI=1S/C14H16N2O3S/c1-9-7-12(20-11(9)3-2-6-17)14(19)16-10-4-5-13(18)15-8-10/h7,10,17H,4-6,8H2,1H3,(H,15,18)(H,16,19). The minimum absolute atomic E-state index is 0.0189. The molecule has 2 rings (SSSR count). The average Bonchev–Trinajstić information content (AvgIpc) is 2.80. The maximum absolute atomic E-state index is 12.1. The molecule has 1 aliphatic rings. The van der Waals surface area contributed by atoms with Gasteiger partial charge in [-0.3, -0.25) is 9.59 Å². The molecule has 0 bridgehead atoms. The Hall–Kier alpha value is -1.84. The zero-order valence-electron chi connectivity index (χ0n) is 11.2. The van der Waals surface area contributed by atoms with Gasteiger partial charge in [0.2, 0.25) is 5.91 Å². The Morgan fingerprint density at radius 2 is 2.45 bits per heavy atom. The second-order valence-electron chi connectivity index (χ2n) is 4.60. The number of rotatable bonds is 2. The van der Waals surface area contributed by atoms with Gasteiger partial charge >= 0.3 is 0 Å². The summed E-state index contributed by atoms with van der Waals surface area (Å²) >= 11 is 1.31. The third-order valence-corrected chi connectivity index (χ3v) is 4.17. The molecule has 6 heteroatoms. The normalized spacial score (nSPS) is 17.9. The van der Waals surface area contributed by atoms with Crippen molar-refractivity contribution in [1.82, 2.24) is 10.6 Å². The molecule has 0 aromatic carbocycles. The highest BCUT2D eigenvalue weighted by molar-refractivity contribution is 7.14. The number of nitrogens with one attached hydrogen (secondary N) is 2. The smallest absolute Gasteiger partial charge is 0.261 e. The van der Waals surface area contributed by atoms with Crippen molar-refractivity contribution < 1.29 is 14.7 Å². The minimum Gasteiger partial charge on any atom is -0.384 e. The van der Waals surface area contributed by atoms with Crippen molar-refractivity contribution in [2.75, 3.05) is 13.2 Å². The molecule has 1 fully saturated rings. The van der Waals surface area contributed by atoms with Crippen molar-refractivity contribution in [3.63, 3.8) is 0 Å². The van der Waals surface area contributed by atoms with Crippen molar-refractivity contribution in [1.29, 1.82) is 0 Å². The first-order valence-corrected chi connectivity index (χ1v) is 7.19. The predicted molar refractivity (Wildman–Crippen MR) is 76.5 cm³/mol. The van der Waals surface area contributed by atoms with Crippen LogP contribution in [0.2, 0.25) is 0 Å². The van der Waals surface area contributed by atoms with E-state index in [9.17, 15) is 9.59 Å². The highest BCUT2D eigenvalue weighted by Gasteiger charge is 2.21. The molecular formula is C14H16N2O3S. The molecule has 0 radical (unpaired) electrons. The van der Waals surface area contributed by atoms with Gasteiger partial charge in [-0.1, -0.05) is 11.8 Å². The highest BCUT2D eigenvalue weighted by atomic mass is 32.1. The molecule has 1 aromatic heterocycles. The maximum atomic E-state index is 12.1. The van der Waals surface area contributed by atoms with Crippen LogP contribution in [0.3, 0.4) is 0 Å². The second-order valence-corrected chi connectivity index (χ2v) is 5.65. The fourth-order valence-corrected chi connectivity index (χ4v) is 2.90. The molecule has 1 aliphatic heterocycles. The lowest BCUT2D eigenvalue weighted by molar-refractivity contribution is -0.122. The molecular weight excluding hydrogens is 276 g/mol. The number of aliphatic hydroxyl groups excluding tert-OH is 1. The van der Waals surface area contributed by atoms with Gasteiger partial charge in [0.05, 0.1) is 9.75 Å². The van der Waals surface area contributed by atoms with E-state index in [0.717, 1.165) is 10.4 Å². The van der Waals surface area contributed by atoms with Gasteiger partial charge in [-0.2, -0.15) is 0 Å². The number of hydrogen-bond donors (Lipinski definition) is 3. The van der Waals surface area contributed by atoms with E-state index in [2.05, 4.69) is 22.5 Å². The summed E-state index contributed by atoms with van der Waals surface area (Å²) < 4.78 is 0. The van der Waals surface area contributed by atoms with Crippen LogP contribution in [0.25, 0.3) is 0 Å². The summed E-state index contributed by atoms with van der Waals surface area (Å²) in [5.74, 6) is 5.30. The van der Waals surface area contributed by atoms with Gasteiger partial charge in [0.1, 0.15) is 6.61 Å². The van der Waals surface area contributed by atoms with E-state index in [-0.39, 0.29) is 24.5 Å². The molecule has 1 saturated heterocycles. The lowest BCUT2D eigenvalue weighted by Crippen LogP contribution is -2.47. The van der Waals surface area contributed by atoms with Crippen LogP contribution in [0, 0.1) is 18.8 Å². The van der Waals surface area contributed by atoms with Crippen molar-refractivity contribution in [2.24, 2.45) is 0 Å². The molecule has 1 atom stereocenters. The fourth-order valence-electron chi connectivity index (χ4n) is 1.95. The molecule has 106 valence electrons. The number of carbonyl (C=O) groups is 2. The number of hydrogen-bond acceptors (Lipinski definition) is 4. The first-order chi connectivity index (χ1) is 9.60. The topological polar surface area (TPSA) is 78.4 Å². The van der Waals surface area contributed by atoms with Crippen LogP contribution < -0.4 is 10.6 Å². The average molecular weight is 292 g/mol. The largest absolute Gasteiger partial charge is 0.384 e. The van der Waals surface area contributed by atoms with Crippen LogP contribution >= 0.6 is 11.3 Å². The summed E-state index contributed by atoms with van der Waals surface area (Å²) in [6, 6.07) is 1.78. The minimum atomic E-state index is -0.194. The van der Waals surface area contributed by atoms with E-state index in [0.29, 0.717) is 24.3 Å². The maximum Gasteiger partial charge on any atom is 0.261 e. The Morgan fingerprint density at radius 1 is 1.65 bits per heavy atom. The van der Waals surface area contributed by atoms with E-state index < -0.39 is 0 Å². The zero-order valence-corrected chi connectivity index (χ0v) is 12.0. The molecule has 3 N–H and O–H groups in total. The molecule has 2 amide bonds. The van der Waals surface area contributed by atoms with Crippen molar-refractivity contribution >= 4 is 23.2 Å². The molecule has 1 unspecified atom stereocenters. The van der Waals surface area contributed by atoms with Gasteiger partial charge in [-0.05, 0) is 25.0 Å². The SMILES string of the molecule is Cc1cc(C(=O)NC2CCC(=O)NC2)sc1C#CCO. The summed E-state index contributed by atoms with van der Waals surface area (Å²) in [5.41, 5.74) is 0.929. The van der Waals surface area contributed by atoms with Crippen LogP contribution in [-0.2, 0) is 4.79 Å². The Kier molecular flexibility index (Phi) is 4.77. The number of piperidine rings is 1. The molecule has 0 spiro atoms. The summed E-state index contributed by atoms with van der Waals surface area (Å²) in [5, 5.41) is 14.3.